The Bertz CT molecular complexity index is 445. The normalized spacial score (nSPS) is 24.1. The number of carbonyl (C=O) groups excluding carboxylic acids is 1. The minimum atomic E-state index is -1.35. The van der Waals surface area contributed by atoms with Crippen molar-refractivity contribution in [2.45, 2.75) is 12.2 Å². The number of rotatable bonds is 1. The van der Waals surface area contributed by atoms with Gasteiger partial charge in [0, 0.05) is 19.3 Å². The first kappa shape index (κ1) is 11.9. The SMILES string of the molecule is O=C(c1ccnc(F)c1F)N1C[C@@H](O)[C@@H](O)C1. The van der Waals surface area contributed by atoms with Gasteiger partial charge in [-0.2, -0.15) is 4.39 Å². The molecule has 0 radical (unpaired) electrons. The zero-order chi connectivity index (χ0) is 12.6. The van der Waals surface area contributed by atoms with Crippen molar-refractivity contribution >= 4 is 5.91 Å². The molecule has 2 atom stereocenters. The summed E-state index contributed by atoms with van der Waals surface area (Å²) in [5, 5.41) is 18.5. The topological polar surface area (TPSA) is 73.7 Å². The minimum Gasteiger partial charge on any atom is -0.388 e. The van der Waals surface area contributed by atoms with Gasteiger partial charge in [0.25, 0.3) is 5.91 Å². The van der Waals surface area contributed by atoms with Crippen LogP contribution in [0.25, 0.3) is 0 Å². The number of pyridine rings is 1. The molecule has 2 heterocycles. The molecule has 7 heteroatoms. The van der Waals surface area contributed by atoms with Crippen LogP contribution in [0.15, 0.2) is 12.3 Å². The van der Waals surface area contributed by atoms with Gasteiger partial charge in [-0.3, -0.25) is 4.79 Å². The van der Waals surface area contributed by atoms with Crippen LogP contribution in [0.1, 0.15) is 10.4 Å². The summed E-state index contributed by atoms with van der Waals surface area (Å²) in [7, 11) is 0. The van der Waals surface area contributed by atoms with Gasteiger partial charge < -0.3 is 15.1 Å². The molecule has 17 heavy (non-hydrogen) atoms. The van der Waals surface area contributed by atoms with Crippen LogP contribution in [0.2, 0.25) is 0 Å². The van der Waals surface area contributed by atoms with Crippen LogP contribution in [0.3, 0.4) is 0 Å². The molecule has 0 spiro atoms. The number of aliphatic hydroxyl groups is 2. The Morgan fingerprint density at radius 3 is 2.53 bits per heavy atom. The maximum absolute atomic E-state index is 13.3. The van der Waals surface area contributed by atoms with Gasteiger partial charge in [-0.25, -0.2) is 9.37 Å². The lowest BCUT2D eigenvalue weighted by atomic mass is 10.2. The third-order valence-electron chi connectivity index (χ3n) is 2.62. The number of hydrogen-bond donors (Lipinski definition) is 2. The second kappa shape index (κ2) is 4.34. The Balaban J connectivity index is 2.24. The summed E-state index contributed by atoms with van der Waals surface area (Å²) in [6.45, 7) is -0.216. The van der Waals surface area contributed by atoms with Crippen molar-refractivity contribution in [1.29, 1.82) is 0 Å². The molecule has 1 aromatic rings. The lowest BCUT2D eigenvalue weighted by Gasteiger charge is -2.15. The molecule has 0 unspecified atom stereocenters. The number of hydrogen-bond acceptors (Lipinski definition) is 4. The molecule has 92 valence electrons. The van der Waals surface area contributed by atoms with Crippen LogP contribution in [-0.4, -0.2) is 51.3 Å². The van der Waals surface area contributed by atoms with E-state index in [0.717, 1.165) is 17.2 Å². The fourth-order valence-electron chi connectivity index (χ4n) is 1.69. The quantitative estimate of drug-likeness (QED) is 0.655. The highest BCUT2D eigenvalue weighted by molar-refractivity contribution is 5.94. The fourth-order valence-corrected chi connectivity index (χ4v) is 1.69. The number of carbonyl (C=O) groups is 1. The highest BCUT2D eigenvalue weighted by atomic mass is 19.2. The number of likely N-dealkylation sites (tertiary alicyclic amines) is 1. The Kier molecular flexibility index (Phi) is 3.03. The Morgan fingerprint density at radius 2 is 1.94 bits per heavy atom. The van der Waals surface area contributed by atoms with Crippen LogP contribution < -0.4 is 0 Å². The highest BCUT2D eigenvalue weighted by Gasteiger charge is 2.34. The first-order valence-electron chi connectivity index (χ1n) is 4.96. The summed E-state index contributed by atoms with van der Waals surface area (Å²) in [5.41, 5.74) is -0.459. The van der Waals surface area contributed by atoms with Gasteiger partial charge in [0.15, 0.2) is 5.82 Å². The van der Waals surface area contributed by atoms with E-state index in [1.807, 2.05) is 0 Å². The highest BCUT2D eigenvalue weighted by Crippen LogP contribution is 2.16. The van der Waals surface area contributed by atoms with Crippen molar-refractivity contribution in [2.24, 2.45) is 0 Å². The van der Waals surface area contributed by atoms with Gasteiger partial charge in [-0.1, -0.05) is 0 Å². The summed E-state index contributed by atoms with van der Waals surface area (Å²) >= 11 is 0. The van der Waals surface area contributed by atoms with Gasteiger partial charge in [0.1, 0.15) is 0 Å². The molecule has 0 bridgehead atoms. The van der Waals surface area contributed by atoms with Crippen molar-refractivity contribution in [3.8, 4) is 0 Å². The fraction of sp³-hybridized carbons (Fsp3) is 0.400. The maximum Gasteiger partial charge on any atom is 0.257 e. The summed E-state index contributed by atoms with van der Waals surface area (Å²) in [6, 6.07) is 1.05. The zero-order valence-corrected chi connectivity index (χ0v) is 8.68. The second-order valence-corrected chi connectivity index (χ2v) is 3.81. The molecule has 1 fully saturated rings. The van der Waals surface area contributed by atoms with Gasteiger partial charge in [0.2, 0.25) is 5.95 Å². The maximum atomic E-state index is 13.3. The zero-order valence-electron chi connectivity index (χ0n) is 8.68. The summed E-state index contributed by atoms with van der Waals surface area (Å²) in [5.74, 6) is -3.45. The van der Waals surface area contributed by atoms with Gasteiger partial charge >= 0.3 is 0 Å². The van der Waals surface area contributed by atoms with Crippen LogP contribution in [0.4, 0.5) is 8.78 Å². The van der Waals surface area contributed by atoms with E-state index in [-0.39, 0.29) is 13.1 Å². The number of halogens is 2. The van der Waals surface area contributed by atoms with Crippen molar-refractivity contribution < 1.29 is 23.8 Å². The van der Waals surface area contributed by atoms with E-state index in [1.165, 1.54) is 0 Å². The summed E-state index contributed by atoms with van der Waals surface area (Å²) in [4.78, 5) is 15.9. The predicted molar refractivity (Wildman–Crippen MR) is 52.1 cm³/mol. The molecule has 2 N–H and O–H groups in total. The lowest BCUT2D eigenvalue weighted by molar-refractivity contribution is 0.0572. The number of aliphatic hydroxyl groups excluding tert-OH is 2. The van der Waals surface area contributed by atoms with E-state index >= 15 is 0 Å². The van der Waals surface area contributed by atoms with E-state index in [9.17, 15) is 23.8 Å². The van der Waals surface area contributed by atoms with E-state index in [1.54, 1.807) is 0 Å². The second-order valence-electron chi connectivity index (χ2n) is 3.81. The molecule has 1 aromatic heterocycles. The van der Waals surface area contributed by atoms with E-state index < -0.39 is 35.4 Å². The summed E-state index contributed by atoms with van der Waals surface area (Å²) in [6.07, 6.45) is -1.14. The first-order valence-corrected chi connectivity index (χ1v) is 4.96. The molecule has 1 amide bonds. The molecular weight excluding hydrogens is 234 g/mol. The molecule has 2 rings (SSSR count). The number of amides is 1. The third-order valence-corrected chi connectivity index (χ3v) is 2.62. The van der Waals surface area contributed by atoms with Crippen LogP contribution in [0.5, 0.6) is 0 Å². The molecule has 0 aromatic carbocycles. The van der Waals surface area contributed by atoms with Gasteiger partial charge in [-0.15, -0.1) is 0 Å². The van der Waals surface area contributed by atoms with Crippen LogP contribution in [0, 0.1) is 11.8 Å². The largest absolute Gasteiger partial charge is 0.388 e. The molecule has 1 aliphatic heterocycles. The van der Waals surface area contributed by atoms with Gasteiger partial charge in [-0.05, 0) is 6.07 Å². The van der Waals surface area contributed by atoms with Crippen LogP contribution >= 0.6 is 0 Å². The number of nitrogens with zero attached hydrogens (tertiary/aromatic N) is 2. The Hall–Kier alpha value is -1.60. The molecular formula is C10H10F2N2O3. The standard InChI is InChI=1S/C10H10F2N2O3/c11-8-5(1-2-13-9(8)12)10(17)14-3-6(15)7(16)4-14/h1-2,6-7,15-16H,3-4H2/t6-,7+. The Labute approximate surface area is 95.3 Å². The lowest BCUT2D eigenvalue weighted by Crippen LogP contribution is -2.30. The number of β-amino-alcohol motifs (C(OH)–C–C–N with tert-alkyl or cyclic N) is 2. The molecule has 5 nitrogen and oxygen atoms in total. The molecule has 0 aliphatic carbocycles. The molecule has 1 aliphatic rings. The van der Waals surface area contributed by atoms with E-state index in [0.29, 0.717) is 0 Å². The smallest absolute Gasteiger partial charge is 0.257 e. The Morgan fingerprint density at radius 1 is 1.35 bits per heavy atom. The van der Waals surface area contributed by atoms with E-state index in [4.69, 9.17) is 0 Å². The predicted octanol–water partition coefficient (Wildman–Crippen LogP) is -0.463. The van der Waals surface area contributed by atoms with Gasteiger partial charge in [0.05, 0.1) is 17.8 Å². The average molecular weight is 244 g/mol. The van der Waals surface area contributed by atoms with Crippen molar-refractivity contribution in [3.63, 3.8) is 0 Å². The van der Waals surface area contributed by atoms with E-state index in [2.05, 4.69) is 4.98 Å². The van der Waals surface area contributed by atoms with Crippen LogP contribution in [-0.2, 0) is 0 Å². The van der Waals surface area contributed by atoms with Crippen molar-refractivity contribution in [3.05, 3.63) is 29.6 Å². The van der Waals surface area contributed by atoms with Crippen molar-refractivity contribution in [2.75, 3.05) is 13.1 Å². The van der Waals surface area contributed by atoms with Crippen molar-refractivity contribution in [1.82, 2.24) is 9.88 Å². The minimum absolute atomic E-state index is 0.108. The monoisotopic (exact) mass is 244 g/mol. The average Bonchev–Trinajstić information content (AvgIpc) is 2.62. The molecule has 0 saturated carbocycles. The number of aromatic nitrogens is 1. The first-order chi connectivity index (χ1) is 8.00. The molecule has 1 saturated heterocycles. The summed E-state index contributed by atoms with van der Waals surface area (Å²) < 4.78 is 26.1. The third kappa shape index (κ3) is 2.11.